The van der Waals surface area contributed by atoms with Gasteiger partial charge < -0.3 is 28.9 Å². The third-order valence-corrected chi connectivity index (χ3v) is 10.2. The van der Waals surface area contributed by atoms with E-state index in [1.54, 1.807) is 0 Å². The zero-order valence-electron chi connectivity index (χ0n) is 21.7. The van der Waals surface area contributed by atoms with Crippen LogP contribution < -0.4 is 33.4 Å². The molecule has 192 valence electrons. The fraction of sp³-hybridized carbons (Fsp3) is 0.152. The monoisotopic (exact) mass is 646 g/mol. The number of halogens is 1. The first-order valence-corrected chi connectivity index (χ1v) is 15.2. The minimum absolute atomic E-state index is 0. The van der Waals surface area contributed by atoms with Gasteiger partial charge in [-0.3, -0.25) is 0 Å². The van der Waals surface area contributed by atoms with Crippen molar-refractivity contribution in [2.24, 2.45) is 0 Å². The second-order valence-corrected chi connectivity index (χ2v) is 12.0. The zero-order valence-corrected chi connectivity index (χ0v) is 25.5. The van der Waals surface area contributed by atoms with Gasteiger partial charge in [0.05, 0.1) is 11.6 Å². The molecule has 0 bridgehead atoms. The molecule has 1 atom stereocenters. The van der Waals surface area contributed by atoms with Gasteiger partial charge in [-0.1, -0.05) is 96.3 Å². The van der Waals surface area contributed by atoms with Crippen molar-refractivity contribution in [2.75, 3.05) is 17.3 Å². The fourth-order valence-electron chi connectivity index (χ4n) is 5.18. The maximum Gasteiger partial charge on any atom is 0.262 e. The van der Waals surface area contributed by atoms with Crippen LogP contribution in [0.2, 0.25) is 0 Å². The van der Waals surface area contributed by atoms with Crippen molar-refractivity contribution in [2.45, 2.75) is 25.3 Å². The van der Waals surface area contributed by atoms with E-state index in [1.165, 1.54) is 47.4 Å². The van der Waals surface area contributed by atoms with Crippen LogP contribution in [0.1, 0.15) is 18.9 Å². The van der Waals surface area contributed by atoms with E-state index in [9.17, 15) is 0 Å². The van der Waals surface area contributed by atoms with Crippen molar-refractivity contribution in [1.29, 1.82) is 0 Å². The van der Waals surface area contributed by atoms with Crippen molar-refractivity contribution in [3.8, 4) is 0 Å². The summed E-state index contributed by atoms with van der Waals surface area (Å²) >= 11 is 1.87. The lowest BCUT2D eigenvalue weighted by atomic mass is 10.1. The molecule has 0 amide bonds. The highest BCUT2D eigenvalue weighted by Gasteiger charge is 2.23. The van der Waals surface area contributed by atoms with E-state index in [0.29, 0.717) is 0 Å². The van der Waals surface area contributed by atoms with Crippen LogP contribution in [0.25, 0.3) is 37.8 Å². The predicted molar refractivity (Wildman–Crippen MR) is 166 cm³/mol. The summed E-state index contributed by atoms with van der Waals surface area (Å²) in [4.78, 5) is 4.00. The van der Waals surface area contributed by atoms with Gasteiger partial charge in [-0.05, 0) is 47.5 Å². The quantitative estimate of drug-likeness (QED) is 0.0770. The first kappa shape index (κ1) is 26.9. The predicted octanol–water partition coefficient (Wildman–Crippen LogP) is 5.57. The van der Waals surface area contributed by atoms with Gasteiger partial charge in [0.15, 0.2) is 0 Å². The van der Waals surface area contributed by atoms with Crippen LogP contribution in [0.4, 0.5) is 5.69 Å². The Hall–Kier alpha value is -2.74. The number of hydrogen-bond donors (Lipinski definition) is 0. The molecule has 0 N–H and O–H groups in total. The smallest absolute Gasteiger partial charge is 0.262 e. The van der Waals surface area contributed by atoms with E-state index in [1.807, 2.05) is 11.3 Å². The van der Waals surface area contributed by atoms with Crippen LogP contribution in [0.15, 0.2) is 108 Å². The highest BCUT2D eigenvalue weighted by Crippen LogP contribution is 2.47. The molecule has 2 heterocycles. The summed E-state index contributed by atoms with van der Waals surface area (Å²) < 4.78 is 3.77. The van der Waals surface area contributed by atoms with E-state index in [2.05, 4.69) is 138 Å². The average molecular weight is 647 g/mol. The average Bonchev–Trinajstić information content (AvgIpc) is 3.50. The summed E-state index contributed by atoms with van der Waals surface area (Å²) in [6.45, 7) is 6.47. The first-order valence-electron chi connectivity index (χ1n) is 12.9. The lowest BCUT2D eigenvalue weighted by molar-refractivity contribution is -0.665. The largest absolute Gasteiger partial charge is 1.00 e. The molecule has 5 heteroatoms. The molecule has 0 spiro atoms. The number of benzene rings is 4. The summed E-state index contributed by atoms with van der Waals surface area (Å²) in [7, 11) is 0.0917. The van der Waals surface area contributed by atoms with Crippen molar-refractivity contribution in [1.82, 2.24) is 0 Å². The Kier molecular flexibility index (Phi) is 8.46. The van der Waals surface area contributed by atoms with Crippen LogP contribution in [0.5, 0.6) is 0 Å². The molecule has 6 rings (SSSR count). The third kappa shape index (κ3) is 4.99. The molecule has 5 aromatic rings. The molecule has 0 aliphatic carbocycles. The molecular weight excluding hydrogens is 615 g/mol. The topological polar surface area (TPSA) is 7.12 Å². The molecule has 0 radical (unpaired) electrons. The fourth-order valence-corrected chi connectivity index (χ4v) is 8.68. The number of hydrogen-bond acceptors (Lipinski definition) is 2. The number of allylic oxidation sites excluding steroid dienone is 5. The molecule has 1 aliphatic heterocycles. The lowest BCUT2D eigenvalue weighted by Crippen LogP contribution is -3.00. The Morgan fingerprint density at radius 2 is 1.50 bits per heavy atom. The Morgan fingerprint density at radius 3 is 2.29 bits per heavy atom. The second kappa shape index (κ2) is 12.0. The molecule has 2 nitrogen and oxygen atoms in total. The molecule has 1 aliphatic rings. The van der Waals surface area contributed by atoms with Crippen LogP contribution in [-0.2, 0) is 6.54 Å². The third-order valence-electron chi connectivity index (χ3n) is 7.00. The highest BCUT2D eigenvalue weighted by atomic mass is 127. The summed E-state index contributed by atoms with van der Waals surface area (Å²) in [6.07, 6.45) is 13.0. The van der Waals surface area contributed by atoms with Crippen LogP contribution in [0.3, 0.4) is 0 Å². The van der Waals surface area contributed by atoms with Gasteiger partial charge in [-0.15, -0.1) is 10.5 Å². The molecule has 0 fully saturated rings. The van der Waals surface area contributed by atoms with Crippen molar-refractivity contribution < 1.29 is 28.5 Å². The van der Waals surface area contributed by atoms with E-state index in [-0.39, 0.29) is 34.5 Å². The molecule has 4 aromatic carbocycles. The first-order chi connectivity index (χ1) is 18.3. The van der Waals surface area contributed by atoms with Gasteiger partial charge in [-0.25, -0.2) is 0 Å². The number of aromatic nitrogens is 1. The minimum atomic E-state index is 0. The van der Waals surface area contributed by atoms with E-state index in [4.69, 9.17) is 0 Å². The Morgan fingerprint density at radius 1 is 0.816 bits per heavy atom. The normalized spacial score (nSPS) is 15.6. The molecule has 0 saturated heterocycles. The number of aryl methyl sites for hydroxylation is 1. The standard InChI is InChI=1S/C33H31N2S2.HI/c1-3-34-24-37(33-28-17-12-10-15-26(28)20-22-30(33)34)23-13-7-5-6-8-18-31-35(4-2)29-21-19-25-14-9-11-16-27(25)32(29)36-31;/h5-23H,3-4,24H2,1-2H3;1H/q+1;/p-1. The second-order valence-electron chi connectivity index (χ2n) is 9.13. The molecular formula is C33H31IN2S2. The Labute approximate surface area is 248 Å². The van der Waals surface area contributed by atoms with Gasteiger partial charge in [0.25, 0.3) is 5.01 Å². The summed E-state index contributed by atoms with van der Waals surface area (Å²) in [5.74, 6) is 1.07. The van der Waals surface area contributed by atoms with E-state index in [0.717, 1.165) is 19.0 Å². The number of anilines is 1. The number of thiazole rings is 1. The van der Waals surface area contributed by atoms with Crippen molar-refractivity contribution >= 4 is 70.7 Å². The van der Waals surface area contributed by atoms with Crippen LogP contribution in [0, 0.1) is 0 Å². The van der Waals surface area contributed by atoms with Gasteiger partial charge in [0.1, 0.15) is 11.2 Å². The van der Waals surface area contributed by atoms with Crippen LogP contribution in [-0.4, -0.2) is 17.8 Å². The number of rotatable bonds is 6. The molecule has 1 unspecified atom stereocenters. The van der Waals surface area contributed by atoms with Crippen molar-refractivity contribution in [3.63, 3.8) is 0 Å². The lowest BCUT2D eigenvalue weighted by Gasteiger charge is -2.15. The summed E-state index contributed by atoms with van der Waals surface area (Å²) in [6, 6.07) is 26.5. The number of nitrogens with zero attached hydrogens (tertiary/aromatic N) is 2. The zero-order chi connectivity index (χ0) is 25.2. The van der Waals surface area contributed by atoms with E-state index >= 15 is 0 Å². The minimum Gasteiger partial charge on any atom is -1.00 e. The maximum absolute atomic E-state index is 2.50. The number of fused-ring (bicyclic) bond motifs is 6. The van der Waals surface area contributed by atoms with Crippen molar-refractivity contribution in [3.05, 3.63) is 108 Å². The van der Waals surface area contributed by atoms with Gasteiger partial charge in [-0.2, -0.15) is 4.57 Å². The Bertz CT molecular complexity index is 1740. The highest BCUT2D eigenvalue weighted by molar-refractivity contribution is 8.15. The summed E-state index contributed by atoms with van der Waals surface area (Å²) in [5.41, 5.74) is 2.71. The van der Waals surface area contributed by atoms with Crippen LogP contribution >= 0.6 is 21.8 Å². The molecule has 1 aromatic heterocycles. The SMILES string of the molecule is CCN1CS(=CC=CC=CC=Cc2sc3c4ccccc4ccc3[n+]2CC)c2c1ccc1ccccc21.[I-]. The molecule has 0 saturated carbocycles. The summed E-state index contributed by atoms with van der Waals surface area (Å²) in [5, 5.41) is 9.03. The van der Waals surface area contributed by atoms with Gasteiger partial charge in [0, 0.05) is 29.0 Å². The molecule has 38 heavy (non-hydrogen) atoms. The van der Waals surface area contributed by atoms with E-state index < -0.39 is 0 Å². The Balaban J connectivity index is 0.00000294. The maximum atomic E-state index is 2.50. The van der Waals surface area contributed by atoms with Gasteiger partial charge in [0.2, 0.25) is 5.52 Å². The van der Waals surface area contributed by atoms with Gasteiger partial charge >= 0.3 is 0 Å².